The maximum Gasteiger partial charge on any atom is 0.0507 e. The largest absolute Gasteiger partial charge is 0.381 e. The van der Waals surface area contributed by atoms with Crippen LogP contribution in [0.4, 0.5) is 0 Å². The van der Waals surface area contributed by atoms with Crippen LogP contribution >= 0.6 is 0 Å². The minimum absolute atomic E-state index is 0.777. The lowest BCUT2D eigenvalue weighted by molar-refractivity contribution is 0.150. The molecule has 2 heteroatoms. The zero-order valence-corrected chi connectivity index (χ0v) is 8.61. The Hall–Kier alpha value is -0.340. The van der Waals surface area contributed by atoms with Crippen LogP contribution in [-0.2, 0) is 4.74 Å². The lowest BCUT2D eigenvalue weighted by Crippen LogP contribution is -2.49. The van der Waals surface area contributed by atoms with Crippen LogP contribution in [0.5, 0.6) is 0 Å². The Labute approximate surface area is 85.7 Å². The molecule has 0 aromatic rings. The molecule has 1 saturated carbocycles. The molecule has 1 heterocycles. The van der Waals surface area contributed by atoms with Crippen molar-refractivity contribution in [3.8, 4) is 0 Å². The molecule has 1 aliphatic heterocycles. The van der Waals surface area contributed by atoms with E-state index < -0.39 is 0 Å². The zero-order valence-electron chi connectivity index (χ0n) is 8.61. The molecule has 4 atom stereocenters. The molecule has 1 N–H and O–H groups in total. The molecule has 3 aliphatic rings. The Balaban J connectivity index is 1.43. The van der Waals surface area contributed by atoms with E-state index in [2.05, 4.69) is 17.5 Å². The monoisotopic (exact) mass is 193 g/mol. The minimum atomic E-state index is 0.777. The molecule has 0 amide bonds. The Morgan fingerprint density at radius 3 is 3.21 bits per heavy atom. The normalized spacial score (nSPS) is 45.1. The van der Waals surface area contributed by atoms with Crippen LogP contribution in [0.2, 0.25) is 0 Å². The summed E-state index contributed by atoms with van der Waals surface area (Å²) in [4.78, 5) is 0. The molecule has 3 rings (SSSR count). The third kappa shape index (κ3) is 1.51. The van der Waals surface area contributed by atoms with Crippen LogP contribution in [0, 0.1) is 17.8 Å². The highest BCUT2D eigenvalue weighted by Crippen LogP contribution is 2.42. The number of rotatable bonds is 3. The second-order valence-electron chi connectivity index (χ2n) is 4.98. The van der Waals surface area contributed by atoms with E-state index in [-0.39, 0.29) is 0 Å². The van der Waals surface area contributed by atoms with E-state index in [9.17, 15) is 0 Å². The van der Waals surface area contributed by atoms with E-state index in [0.717, 1.165) is 37.0 Å². The number of allylic oxidation sites excluding steroid dienone is 1. The first-order valence-corrected chi connectivity index (χ1v) is 5.91. The summed E-state index contributed by atoms with van der Waals surface area (Å²) in [5.41, 5.74) is 0. The Morgan fingerprint density at radius 2 is 2.43 bits per heavy atom. The lowest BCUT2D eigenvalue weighted by atomic mass is 9.71. The molecule has 0 aromatic heterocycles. The standard InChI is InChI=1S/C12H19NO/c1-2-10-6-12(11(10)3-1)13-7-9-4-5-14-8-9/h1,3,9-13H,2,4-8H2. The predicted molar refractivity (Wildman–Crippen MR) is 56.1 cm³/mol. The van der Waals surface area contributed by atoms with Gasteiger partial charge in [-0.15, -0.1) is 0 Å². The Morgan fingerprint density at radius 1 is 1.43 bits per heavy atom. The molecule has 2 nitrogen and oxygen atoms in total. The van der Waals surface area contributed by atoms with Gasteiger partial charge in [-0.2, -0.15) is 0 Å². The summed E-state index contributed by atoms with van der Waals surface area (Å²) in [5.74, 6) is 2.61. The number of nitrogens with one attached hydrogen (secondary N) is 1. The van der Waals surface area contributed by atoms with Crippen LogP contribution < -0.4 is 5.32 Å². The number of ether oxygens (including phenoxy) is 1. The zero-order chi connectivity index (χ0) is 9.38. The maximum absolute atomic E-state index is 5.37. The quantitative estimate of drug-likeness (QED) is 0.687. The van der Waals surface area contributed by atoms with Crippen molar-refractivity contribution < 1.29 is 4.74 Å². The number of hydrogen-bond acceptors (Lipinski definition) is 2. The highest BCUT2D eigenvalue weighted by atomic mass is 16.5. The fraction of sp³-hybridized carbons (Fsp3) is 0.833. The van der Waals surface area contributed by atoms with Gasteiger partial charge in [0.1, 0.15) is 0 Å². The summed E-state index contributed by atoms with van der Waals surface area (Å²) in [7, 11) is 0. The summed E-state index contributed by atoms with van der Waals surface area (Å²) in [6, 6.07) is 0.777. The molecule has 2 aliphatic carbocycles. The summed E-state index contributed by atoms with van der Waals surface area (Å²) < 4.78 is 5.37. The second kappa shape index (κ2) is 3.67. The van der Waals surface area contributed by atoms with Gasteiger partial charge in [-0.1, -0.05) is 12.2 Å². The smallest absolute Gasteiger partial charge is 0.0507 e. The van der Waals surface area contributed by atoms with Gasteiger partial charge >= 0.3 is 0 Å². The van der Waals surface area contributed by atoms with Gasteiger partial charge in [-0.25, -0.2) is 0 Å². The van der Waals surface area contributed by atoms with Gasteiger partial charge in [0.15, 0.2) is 0 Å². The molecule has 1 saturated heterocycles. The minimum Gasteiger partial charge on any atom is -0.381 e. The van der Waals surface area contributed by atoms with E-state index >= 15 is 0 Å². The van der Waals surface area contributed by atoms with Gasteiger partial charge in [0.25, 0.3) is 0 Å². The molecule has 0 radical (unpaired) electrons. The maximum atomic E-state index is 5.37. The van der Waals surface area contributed by atoms with E-state index in [4.69, 9.17) is 4.74 Å². The fourth-order valence-electron chi connectivity index (χ4n) is 3.01. The van der Waals surface area contributed by atoms with Gasteiger partial charge in [0.2, 0.25) is 0 Å². The van der Waals surface area contributed by atoms with Crippen LogP contribution in [0.15, 0.2) is 12.2 Å². The summed E-state index contributed by atoms with van der Waals surface area (Å²) >= 11 is 0. The first kappa shape index (κ1) is 8.93. The molecular weight excluding hydrogens is 174 g/mol. The summed E-state index contributed by atoms with van der Waals surface area (Å²) in [6.07, 6.45) is 8.75. The topological polar surface area (TPSA) is 21.3 Å². The van der Waals surface area contributed by atoms with Crippen LogP contribution in [-0.4, -0.2) is 25.8 Å². The van der Waals surface area contributed by atoms with Gasteiger partial charge in [0.05, 0.1) is 6.61 Å². The van der Waals surface area contributed by atoms with Gasteiger partial charge < -0.3 is 10.1 Å². The number of fused-ring (bicyclic) bond motifs is 1. The molecule has 78 valence electrons. The second-order valence-corrected chi connectivity index (χ2v) is 4.98. The van der Waals surface area contributed by atoms with Crippen molar-refractivity contribution in [2.24, 2.45) is 17.8 Å². The van der Waals surface area contributed by atoms with Crippen molar-refractivity contribution in [3.63, 3.8) is 0 Å². The summed E-state index contributed by atoms with van der Waals surface area (Å²) in [5, 5.41) is 3.70. The van der Waals surface area contributed by atoms with Crippen LogP contribution in [0.1, 0.15) is 19.3 Å². The Bertz CT molecular complexity index is 232. The van der Waals surface area contributed by atoms with Crippen molar-refractivity contribution in [2.75, 3.05) is 19.8 Å². The first-order chi connectivity index (χ1) is 6.93. The third-order valence-corrected chi connectivity index (χ3v) is 4.06. The summed E-state index contributed by atoms with van der Waals surface area (Å²) in [6.45, 7) is 3.12. The highest BCUT2D eigenvalue weighted by Gasteiger charge is 2.40. The molecule has 4 unspecified atom stereocenters. The van der Waals surface area contributed by atoms with Gasteiger partial charge in [-0.05, 0) is 37.0 Å². The van der Waals surface area contributed by atoms with Crippen molar-refractivity contribution in [2.45, 2.75) is 25.3 Å². The van der Waals surface area contributed by atoms with Crippen molar-refractivity contribution >= 4 is 0 Å². The van der Waals surface area contributed by atoms with E-state index in [0.29, 0.717) is 0 Å². The SMILES string of the molecule is C1=CC2C(C1)CC2NCC1CCOC1. The van der Waals surface area contributed by atoms with E-state index in [1.165, 1.54) is 25.8 Å². The fourth-order valence-corrected chi connectivity index (χ4v) is 3.01. The third-order valence-electron chi connectivity index (χ3n) is 4.06. The van der Waals surface area contributed by atoms with Crippen molar-refractivity contribution in [1.82, 2.24) is 5.32 Å². The average Bonchev–Trinajstić information content (AvgIpc) is 2.76. The van der Waals surface area contributed by atoms with Gasteiger partial charge in [-0.3, -0.25) is 0 Å². The van der Waals surface area contributed by atoms with Crippen LogP contribution in [0.25, 0.3) is 0 Å². The number of hydrogen-bond donors (Lipinski definition) is 1. The average molecular weight is 193 g/mol. The van der Waals surface area contributed by atoms with Crippen molar-refractivity contribution in [1.29, 1.82) is 0 Å². The molecule has 0 bridgehead atoms. The lowest BCUT2D eigenvalue weighted by Gasteiger charge is -2.41. The first-order valence-electron chi connectivity index (χ1n) is 5.91. The van der Waals surface area contributed by atoms with Crippen molar-refractivity contribution in [3.05, 3.63) is 12.2 Å². The van der Waals surface area contributed by atoms with E-state index in [1.807, 2.05) is 0 Å². The predicted octanol–water partition coefficient (Wildman–Crippen LogP) is 1.58. The highest BCUT2D eigenvalue weighted by molar-refractivity contribution is 5.12. The molecule has 0 aromatic carbocycles. The molecular formula is C12H19NO. The van der Waals surface area contributed by atoms with Gasteiger partial charge in [0, 0.05) is 19.2 Å². The molecule has 2 fully saturated rings. The molecule has 0 spiro atoms. The van der Waals surface area contributed by atoms with E-state index in [1.54, 1.807) is 0 Å². The Kier molecular flexibility index (Phi) is 2.34. The molecule has 14 heavy (non-hydrogen) atoms. The van der Waals surface area contributed by atoms with Crippen LogP contribution in [0.3, 0.4) is 0 Å².